The van der Waals surface area contributed by atoms with Crippen LogP contribution in [-0.2, 0) is 90.5 Å². The van der Waals surface area contributed by atoms with E-state index in [1.54, 1.807) is 0 Å². The SMILES string of the molecule is CC(=O)OC[C@H]1O[C@H](O[C@@H]2[C@@H](OC(C)=O)O[C@H](COC(C)=O)[C@@H](OC(C)=O)[C@@H]2OC(C)=O)[C@@H](OC(C)=O)[C@@H](OC(C)=O)[C@@H]1OC(C)=O. The van der Waals surface area contributed by atoms with Crippen molar-refractivity contribution < 1.29 is 90.5 Å². The summed E-state index contributed by atoms with van der Waals surface area (Å²) in [4.78, 5) is 96.3. The Balaban J connectivity index is 2.72. The number of ether oxygens (including phenoxy) is 11. The lowest BCUT2D eigenvalue weighted by Crippen LogP contribution is -2.67. The molecule has 0 aromatic carbocycles. The van der Waals surface area contributed by atoms with Crippen LogP contribution in [-0.4, -0.2) is 122 Å². The molecule has 0 radical (unpaired) electrons. The lowest BCUT2D eigenvalue weighted by atomic mass is 9.96. The summed E-state index contributed by atoms with van der Waals surface area (Å²) >= 11 is 0. The summed E-state index contributed by atoms with van der Waals surface area (Å²) in [7, 11) is 0. The second-order valence-corrected chi connectivity index (χ2v) is 10.3. The maximum Gasteiger partial charge on any atom is 0.305 e. The molecule has 2 heterocycles. The van der Waals surface area contributed by atoms with Gasteiger partial charge in [-0.1, -0.05) is 0 Å². The Morgan fingerprint density at radius 3 is 1.06 bits per heavy atom. The number of esters is 8. The van der Waals surface area contributed by atoms with E-state index in [0.717, 1.165) is 55.4 Å². The molecule has 0 N–H and O–H groups in total. The maximum absolute atomic E-state index is 12.3. The van der Waals surface area contributed by atoms with E-state index in [0.29, 0.717) is 0 Å². The smallest absolute Gasteiger partial charge is 0.305 e. The number of carbonyl (C=O) groups is 8. The molecule has 0 saturated carbocycles. The Morgan fingerprint density at radius 1 is 0.383 bits per heavy atom. The third kappa shape index (κ3) is 12.1. The number of carbonyl (C=O) groups excluding carboxylic acids is 8. The second kappa shape index (κ2) is 17.5. The largest absolute Gasteiger partial charge is 0.463 e. The van der Waals surface area contributed by atoms with Gasteiger partial charge in [0.05, 0.1) is 0 Å². The fraction of sp³-hybridized carbons (Fsp3) is 0.714. The van der Waals surface area contributed by atoms with Gasteiger partial charge in [-0.25, -0.2) is 0 Å². The Hall–Kier alpha value is -4.36. The minimum atomic E-state index is -1.86. The molecular weight excluding hydrogens is 640 g/mol. The molecule has 47 heavy (non-hydrogen) atoms. The summed E-state index contributed by atoms with van der Waals surface area (Å²) in [5.74, 6) is -7.02. The molecule has 0 aromatic rings. The summed E-state index contributed by atoms with van der Waals surface area (Å²) in [6.45, 7) is 7.10. The molecule has 2 rings (SSSR count). The second-order valence-electron chi connectivity index (χ2n) is 10.3. The Bertz CT molecular complexity index is 1200. The summed E-state index contributed by atoms with van der Waals surface area (Å²) < 4.78 is 60.2. The number of hydrogen-bond acceptors (Lipinski definition) is 19. The van der Waals surface area contributed by atoms with E-state index in [4.69, 9.17) is 52.1 Å². The van der Waals surface area contributed by atoms with Crippen LogP contribution >= 0.6 is 0 Å². The van der Waals surface area contributed by atoms with Gasteiger partial charge in [0.1, 0.15) is 25.4 Å². The lowest BCUT2D eigenvalue weighted by molar-refractivity contribution is -0.363. The van der Waals surface area contributed by atoms with E-state index in [1.165, 1.54) is 0 Å². The van der Waals surface area contributed by atoms with E-state index in [9.17, 15) is 38.4 Å². The van der Waals surface area contributed by atoms with Crippen molar-refractivity contribution >= 4 is 47.8 Å². The van der Waals surface area contributed by atoms with Crippen LogP contribution in [0.5, 0.6) is 0 Å². The molecule has 2 aliphatic heterocycles. The van der Waals surface area contributed by atoms with Gasteiger partial charge in [-0.15, -0.1) is 0 Å². The average Bonchev–Trinajstić information content (AvgIpc) is 2.91. The minimum absolute atomic E-state index is 0.561. The molecule has 10 atom stereocenters. The average molecular weight is 679 g/mol. The van der Waals surface area contributed by atoms with Crippen molar-refractivity contribution in [1.82, 2.24) is 0 Å². The number of rotatable bonds is 12. The topological polar surface area (TPSA) is 238 Å². The van der Waals surface area contributed by atoms with Crippen LogP contribution in [0.25, 0.3) is 0 Å². The van der Waals surface area contributed by atoms with Gasteiger partial charge in [0.2, 0.25) is 6.29 Å². The molecule has 0 spiro atoms. The first-order valence-electron chi connectivity index (χ1n) is 14.2. The van der Waals surface area contributed by atoms with Crippen molar-refractivity contribution in [1.29, 1.82) is 0 Å². The fourth-order valence-electron chi connectivity index (χ4n) is 4.73. The van der Waals surface area contributed by atoms with Gasteiger partial charge in [-0.3, -0.25) is 38.4 Å². The fourth-order valence-corrected chi connectivity index (χ4v) is 4.73. The minimum Gasteiger partial charge on any atom is -0.463 e. The van der Waals surface area contributed by atoms with Crippen molar-refractivity contribution in [3.63, 3.8) is 0 Å². The van der Waals surface area contributed by atoms with Gasteiger partial charge in [0, 0.05) is 55.4 Å². The predicted octanol–water partition coefficient (Wildman–Crippen LogP) is -0.831. The van der Waals surface area contributed by atoms with Crippen molar-refractivity contribution in [2.24, 2.45) is 0 Å². The first-order valence-corrected chi connectivity index (χ1v) is 14.2. The third-order valence-corrected chi connectivity index (χ3v) is 6.17. The zero-order chi connectivity index (χ0) is 35.6. The Kier molecular flexibility index (Phi) is 14.5. The summed E-state index contributed by atoms with van der Waals surface area (Å²) in [6, 6.07) is 0. The van der Waals surface area contributed by atoms with E-state index >= 15 is 0 Å². The molecule has 264 valence electrons. The van der Waals surface area contributed by atoms with Gasteiger partial charge in [-0.05, 0) is 0 Å². The van der Waals surface area contributed by atoms with Crippen LogP contribution in [0, 0.1) is 0 Å². The van der Waals surface area contributed by atoms with Crippen LogP contribution in [0.1, 0.15) is 55.4 Å². The monoisotopic (exact) mass is 678 g/mol. The Morgan fingerprint density at radius 2 is 0.702 bits per heavy atom. The maximum atomic E-state index is 12.3. The van der Waals surface area contributed by atoms with Crippen LogP contribution < -0.4 is 0 Å². The predicted molar refractivity (Wildman–Crippen MR) is 145 cm³/mol. The highest BCUT2D eigenvalue weighted by molar-refractivity contribution is 5.69. The molecule has 2 aliphatic rings. The van der Waals surface area contributed by atoms with E-state index in [2.05, 4.69) is 0 Å². The summed E-state index contributed by atoms with van der Waals surface area (Å²) in [6.07, 6.45) is -16.4. The standard InChI is InChI=1S/C28H38O19/c1-11(29)37-9-19-22(40-14(4)32)24(42-16(6)34)26(27(45-19)44-18(8)36)47-28-25(43-17(7)35)23(41-15(5)33)21(39-13(3)31)20(46-28)10-38-12(2)30/h19-28H,9-10H2,1-8H3/t19-,20-,21-,22-,23+,24+,25+,26+,27+,28-/m1/s1. The Labute approximate surface area is 268 Å². The highest BCUT2D eigenvalue weighted by Crippen LogP contribution is 2.35. The molecule has 0 unspecified atom stereocenters. The van der Waals surface area contributed by atoms with Crippen molar-refractivity contribution in [3.05, 3.63) is 0 Å². The van der Waals surface area contributed by atoms with Gasteiger partial charge in [0.25, 0.3) is 0 Å². The molecule has 2 fully saturated rings. The van der Waals surface area contributed by atoms with E-state index in [-0.39, 0.29) is 0 Å². The van der Waals surface area contributed by atoms with Crippen molar-refractivity contribution in [2.75, 3.05) is 13.2 Å². The van der Waals surface area contributed by atoms with E-state index in [1.807, 2.05) is 0 Å². The molecule has 19 heteroatoms. The number of hydrogen-bond donors (Lipinski definition) is 0. The van der Waals surface area contributed by atoms with E-state index < -0.39 is 122 Å². The first kappa shape index (κ1) is 38.8. The van der Waals surface area contributed by atoms with Crippen LogP contribution in [0.15, 0.2) is 0 Å². The van der Waals surface area contributed by atoms with Gasteiger partial charge in [-0.2, -0.15) is 0 Å². The van der Waals surface area contributed by atoms with Crippen LogP contribution in [0.3, 0.4) is 0 Å². The van der Waals surface area contributed by atoms with Crippen molar-refractivity contribution in [2.45, 2.75) is 117 Å². The van der Waals surface area contributed by atoms with Crippen LogP contribution in [0.2, 0.25) is 0 Å². The zero-order valence-corrected chi connectivity index (χ0v) is 26.9. The third-order valence-electron chi connectivity index (χ3n) is 6.17. The van der Waals surface area contributed by atoms with Crippen molar-refractivity contribution in [3.8, 4) is 0 Å². The summed E-state index contributed by atoms with van der Waals surface area (Å²) in [5, 5.41) is 0. The van der Waals surface area contributed by atoms with Gasteiger partial charge in [0.15, 0.2) is 42.9 Å². The molecule has 0 aliphatic carbocycles. The molecule has 0 aromatic heterocycles. The molecule has 2 saturated heterocycles. The van der Waals surface area contributed by atoms with Gasteiger partial charge < -0.3 is 52.1 Å². The van der Waals surface area contributed by atoms with Crippen LogP contribution in [0.4, 0.5) is 0 Å². The molecule has 0 amide bonds. The molecule has 0 bridgehead atoms. The zero-order valence-electron chi connectivity index (χ0n) is 26.9. The molecular formula is C28H38O19. The highest BCUT2D eigenvalue weighted by atomic mass is 16.8. The normalized spacial score (nSPS) is 30.0. The van der Waals surface area contributed by atoms with Gasteiger partial charge >= 0.3 is 47.8 Å². The summed E-state index contributed by atoms with van der Waals surface area (Å²) in [5.41, 5.74) is 0. The lowest BCUT2D eigenvalue weighted by Gasteiger charge is -2.48. The molecule has 19 nitrogen and oxygen atoms in total. The quantitative estimate of drug-likeness (QED) is 0.181. The highest BCUT2D eigenvalue weighted by Gasteiger charge is 2.58. The first-order chi connectivity index (χ1) is 21.9.